The molecule has 0 aromatic heterocycles. The molecule has 106 valence electrons. The monoisotopic (exact) mass is 338 g/mol. The Kier molecular flexibility index (Phi) is 14.3. The molecule has 2 nitrogen and oxygen atoms in total. The molecule has 0 N–H and O–H groups in total. The zero-order valence-corrected chi connectivity index (χ0v) is 13.0. The van der Waals surface area contributed by atoms with Crippen LogP contribution in [0.4, 0.5) is 0 Å². The quantitative estimate of drug-likeness (QED) is 0.345. The molecule has 0 spiro atoms. The number of esters is 1. The van der Waals surface area contributed by atoms with E-state index in [1.807, 2.05) is 37.3 Å². The Morgan fingerprint density at radius 3 is 1.94 bits per heavy atom. The van der Waals surface area contributed by atoms with E-state index in [-0.39, 0.29) is 11.3 Å². The number of hydrogen-bond acceptors (Lipinski definition) is 2. The van der Waals surface area contributed by atoms with Gasteiger partial charge in [-0.15, -0.1) is 11.6 Å². The van der Waals surface area contributed by atoms with E-state index >= 15 is 0 Å². The molecule has 0 saturated heterocycles. The van der Waals surface area contributed by atoms with Crippen LogP contribution in [0.2, 0.25) is 0 Å². The van der Waals surface area contributed by atoms with Gasteiger partial charge in [-0.3, -0.25) is 0 Å². The van der Waals surface area contributed by atoms with E-state index < -0.39 is 0 Å². The molecule has 0 radical (unpaired) electrons. The van der Waals surface area contributed by atoms with E-state index in [1.165, 1.54) is 12.7 Å². The zero-order valence-electron chi connectivity index (χ0n) is 10.5. The van der Waals surface area contributed by atoms with Crippen molar-refractivity contribution in [1.82, 2.24) is 0 Å². The van der Waals surface area contributed by atoms with Crippen molar-refractivity contribution < 1.29 is 24.6 Å². The molecular formula is C13H17Cl2CuO2. The zero-order chi connectivity index (χ0) is 14.6. The summed E-state index contributed by atoms with van der Waals surface area (Å²) >= 11 is 9.46. The first-order chi connectivity index (χ1) is 8.49. The second kappa shape index (κ2) is 13.0. The van der Waals surface area contributed by atoms with Crippen LogP contribution in [0, 0.1) is 0 Å². The number of hydrogen-bond donors (Lipinski definition) is 0. The first kappa shape index (κ1) is 19.9. The molecule has 0 aliphatic heterocycles. The fourth-order valence-electron chi connectivity index (χ4n) is 0.892. The number of alkyl halides is 1. The van der Waals surface area contributed by atoms with Crippen LogP contribution in [-0.4, -0.2) is 13.1 Å². The Morgan fingerprint density at radius 2 is 1.78 bits per heavy atom. The van der Waals surface area contributed by atoms with Gasteiger partial charge in [0.25, 0.3) is 0 Å². The number of carbonyl (C=O) groups excluding carboxylic acids is 1. The first-order valence-electron chi connectivity index (χ1n) is 5.03. The van der Waals surface area contributed by atoms with Crippen molar-refractivity contribution in [3.05, 3.63) is 48.0 Å². The van der Waals surface area contributed by atoms with Crippen molar-refractivity contribution in [1.29, 1.82) is 0 Å². The summed E-state index contributed by atoms with van der Waals surface area (Å²) in [4.78, 5) is 10.2. The van der Waals surface area contributed by atoms with Crippen LogP contribution in [0.5, 0.6) is 0 Å². The maximum absolute atomic E-state index is 10.2. The molecule has 1 atom stereocenters. The Morgan fingerprint density at radius 1 is 1.33 bits per heavy atom. The third kappa shape index (κ3) is 10.7. The van der Waals surface area contributed by atoms with Gasteiger partial charge in [0, 0.05) is 5.57 Å². The second-order valence-electron chi connectivity index (χ2n) is 3.30. The van der Waals surface area contributed by atoms with E-state index in [1.54, 1.807) is 6.92 Å². The molecule has 0 saturated carbocycles. The van der Waals surface area contributed by atoms with E-state index in [0.29, 0.717) is 5.57 Å². The first-order valence-corrected chi connectivity index (χ1v) is 6.76. The van der Waals surface area contributed by atoms with Crippen molar-refractivity contribution in [3.8, 4) is 0 Å². The average Bonchev–Trinajstić information content (AvgIpc) is 2.41. The Hall–Kier alpha value is -0.471. The minimum atomic E-state index is -0.347. The van der Waals surface area contributed by atoms with Gasteiger partial charge in [0.15, 0.2) is 0 Å². The van der Waals surface area contributed by atoms with Crippen LogP contribution in [0.3, 0.4) is 0 Å². The van der Waals surface area contributed by atoms with Crippen molar-refractivity contribution in [3.63, 3.8) is 0 Å². The van der Waals surface area contributed by atoms with Crippen molar-refractivity contribution in [2.45, 2.75) is 19.2 Å². The van der Waals surface area contributed by atoms with Gasteiger partial charge in [0.05, 0.1) is 12.5 Å². The van der Waals surface area contributed by atoms with Gasteiger partial charge in [0.2, 0.25) is 0 Å². The normalized spacial score (nSPS) is 9.94. The van der Waals surface area contributed by atoms with E-state index in [4.69, 9.17) is 11.6 Å². The van der Waals surface area contributed by atoms with Gasteiger partial charge < -0.3 is 4.74 Å². The van der Waals surface area contributed by atoms with E-state index in [2.05, 4.69) is 36.5 Å². The molecule has 0 fully saturated rings. The van der Waals surface area contributed by atoms with Gasteiger partial charge in [-0.1, -0.05) is 36.9 Å². The van der Waals surface area contributed by atoms with Crippen LogP contribution in [-0.2, 0) is 24.6 Å². The van der Waals surface area contributed by atoms with Crippen molar-refractivity contribution >= 4 is 27.7 Å². The summed E-state index contributed by atoms with van der Waals surface area (Å²) in [5, 5.41) is 0.131. The van der Waals surface area contributed by atoms with Gasteiger partial charge in [-0.05, 0) is 19.4 Å². The molecule has 1 aromatic carbocycles. The molecule has 0 aliphatic rings. The van der Waals surface area contributed by atoms with Crippen LogP contribution in [0.1, 0.15) is 24.8 Å². The molecule has 1 unspecified atom stereocenters. The fraction of sp³-hybridized carbons (Fsp3) is 0.308. The van der Waals surface area contributed by atoms with Gasteiger partial charge >= 0.3 is 31.2 Å². The van der Waals surface area contributed by atoms with Crippen LogP contribution < -0.4 is 0 Å². The summed E-state index contributed by atoms with van der Waals surface area (Å²) in [6.45, 7) is 6.92. The van der Waals surface area contributed by atoms with Crippen molar-refractivity contribution in [2.24, 2.45) is 0 Å². The summed E-state index contributed by atoms with van der Waals surface area (Å²) in [6.07, 6.45) is 0. The SMILES string of the molecule is C=C(C)C(=O)OC.CC(Cl)c1ccccc1.[Cl][Cu]. The van der Waals surface area contributed by atoms with E-state index in [0.717, 1.165) is 0 Å². The summed E-state index contributed by atoms with van der Waals surface area (Å²) in [6, 6.07) is 10.0. The number of rotatable bonds is 2. The standard InChI is InChI=1S/C8H9Cl.C5H8O2.ClH.Cu/c1-7(9)8-5-3-2-4-6-8;1-4(2)5(6)7-3;;/h2-7H,1H3;1H2,2-3H3;1H;/q;;;+1/p-1. The molecule has 0 aliphatic carbocycles. The van der Waals surface area contributed by atoms with Crippen molar-refractivity contribution in [2.75, 3.05) is 7.11 Å². The summed E-state index contributed by atoms with van der Waals surface area (Å²) in [5.74, 6) is -0.347. The Labute approximate surface area is 126 Å². The van der Waals surface area contributed by atoms with Crippen LogP contribution >= 0.6 is 21.7 Å². The number of methoxy groups -OCH3 is 1. The van der Waals surface area contributed by atoms with Gasteiger partial charge in [-0.25, -0.2) is 4.79 Å². The molecule has 0 amide bonds. The number of halogens is 2. The molecule has 18 heavy (non-hydrogen) atoms. The third-order valence-corrected chi connectivity index (χ3v) is 2.04. The summed E-state index contributed by atoms with van der Waals surface area (Å²) in [5.41, 5.74) is 1.61. The molecule has 0 bridgehead atoms. The van der Waals surface area contributed by atoms with Gasteiger partial charge in [-0.2, -0.15) is 0 Å². The minimum absolute atomic E-state index is 0.131. The Bertz CT molecular complexity index is 340. The maximum atomic E-state index is 10.2. The molecular weight excluding hydrogens is 323 g/mol. The fourth-order valence-corrected chi connectivity index (χ4v) is 1.04. The molecule has 1 aromatic rings. The molecule has 0 heterocycles. The topological polar surface area (TPSA) is 26.3 Å². The third-order valence-electron chi connectivity index (χ3n) is 1.79. The number of benzene rings is 1. The number of ether oxygens (including phenoxy) is 1. The molecule has 1 rings (SSSR count). The van der Waals surface area contributed by atoms with Gasteiger partial charge in [0.1, 0.15) is 0 Å². The predicted octanol–water partition coefficient (Wildman–Crippen LogP) is 4.41. The summed E-state index contributed by atoms with van der Waals surface area (Å²) < 4.78 is 4.27. The second-order valence-corrected chi connectivity index (χ2v) is 3.95. The summed E-state index contributed by atoms with van der Waals surface area (Å²) in [7, 11) is 5.53. The van der Waals surface area contributed by atoms with E-state index in [9.17, 15) is 4.79 Å². The Balaban J connectivity index is 0. The predicted molar refractivity (Wildman–Crippen MR) is 73.4 cm³/mol. The van der Waals surface area contributed by atoms with Crippen LogP contribution in [0.15, 0.2) is 42.5 Å². The average molecular weight is 340 g/mol. The molecule has 5 heteroatoms. The number of carbonyl (C=O) groups is 1. The van der Waals surface area contributed by atoms with Crippen LogP contribution in [0.25, 0.3) is 0 Å².